The van der Waals surface area contributed by atoms with Crippen molar-refractivity contribution >= 4 is 21.6 Å². The lowest BCUT2D eigenvalue weighted by atomic mass is 10.0. The highest BCUT2D eigenvalue weighted by Gasteiger charge is 2.13. The number of thiophene rings is 1. The Kier molecular flexibility index (Phi) is 4.61. The number of hydrogen-bond acceptors (Lipinski definition) is 6. The summed E-state index contributed by atoms with van der Waals surface area (Å²) in [6, 6.07) is 10.0. The molecule has 3 aromatic heterocycles. The lowest BCUT2D eigenvalue weighted by Gasteiger charge is -2.04. The third-order valence-electron chi connectivity index (χ3n) is 4.53. The molecule has 27 heavy (non-hydrogen) atoms. The second kappa shape index (κ2) is 7.08. The Morgan fingerprint density at radius 1 is 1.22 bits per heavy atom. The van der Waals surface area contributed by atoms with Gasteiger partial charge in [-0.1, -0.05) is 50.2 Å². The Morgan fingerprint density at radius 3 is 2.70 bits per heavy atom. The van der Waals surface area contributed by atoms with Crippen molar-refractivity contribution in [2.24, 2.45) is 0 Å². The molecule has 4 aromatic rings. The standard InChI is InChI=1S/C20H20N4O2S/c1-4-15-9-16-19(27-15)21-11-24(20(16)25)10-17-22-18(23-26-17)14-7-5-13(6-8-14)12(2)3/h5-9,11-12H,4,10H2,1-3H3. The Hall–Kier alpha value is -2.80. The van der Waals surface area contributed by atoms with Crippen molar-refractivity contribution in [3.05, 3.63) is 63.3 Å². The minimum absolute atomic E-state index is 0.0861. The number of fused-ring (bicyclic) bond motifs is 1. The monoisotopic (exact) mass is 380 g/mol. The van der Waals surface area contributed by atoms with Crippen LogP contribution in [0.3, 0.4) is 0 Å². The minimum atomic E-state index is -0.0861. The topological polar surface area (TPSA) is 73.8 Å². The van der Waals surface area contributed by atoms with Crippen LogP contribution >= 0.6 is 11.3 Å². The molecular weight excluding hydrogens is 360 g/mol. The number of nitrogens with zero attached hydrogens (tertiary/aromatic N) is 4. The molecule has 0 spiro atoms. The highest BCUT2D eigenvalue weighted by Crippen LogP contribution is 2.22. The first kappa shape index (κ1) is 17.6. The van der Waals surface area contributed by atoms with Crippen molar-refractivity contribution in [3.63, 3.8) is 0 Å². The van der Waals surface area contributed by atoms with Gasteiger partial charge in [0.1, 0.15) is 11.4 Å². The summed E-state index contributed by atoms with van der Waals surface area (Å²) in [5.74, 6) is 1.37. The zero-order valence-corrected chi connectivity index (χ0v) is 16.3. The summed E-state index contributed by atoms with van der Waals surface area (Å²) in [5, 5.41) is 4.69. The lowest BCUT2D eigenvalue weighted by molar-refractivity contribution is 0.369. The van der Waals surface area contributed by atoms with Crippen molar-refractivity contribution in [3.8, 4) is 11.4 Å². The lowest BCUT2D eigenvalue weighted by Crippen LogP contribution is -2.20. The van der Waals surface area contributed by atoms with Gasteiger partial charge in [0.25, 0.3) is 5.56 Å². The number of aromatic nitrogens is 4. The van der Waals surface area contributed by atoms with Gasteiger partial charge in [0, 0.05) is 10.4 Å². The molecule has 7 heteroatoms. The molecule has 0 atom stereocenters. The predicted octanol–water partition coefficient (Wildman–Crippen LogP) is 4.24. The Balaban J connectivity index is 1.60. The molecule has 0 bridgehead atoms. The first-order chi connectivity index (χ1) is 13.0. The fourth-order valence-corrected chi connectivity index (χ4v) is 3.82. The highest BCUT2D eigenvalue weighted by atomic mass is 32.1. The van der Waals surface area contributed by atoms with E-state index in [2.05, 4.69) is 48.0 Å². The van der Waals surface area contributed by atoms with E-state index in [-0.39, 0.29) is 12.1 Å². The van der Waals surface area contributed by atoms with E-state index in [4.69, 9.17) is 4.52 Å². The van der Waals surface area contributed by atoms with Gasteiger partial charge < -0.3 is 4.52 Å². The van der Waals surface area contributed by atoms with Gasteiger partial charge in [-0.2, -0.15) is 4.98 Å². The van der Waals surface area contributed by atoms with E-state index in [1.165, 1.54) is 10.1 Å². The first-order valence-electron chi connectivity index (χ1n) is 8.96. The Labute approximate surface area is 160 Å². The number of benzene rings is 1. The number of rotatable bonds is 5. The molecular formula is C20H20N4O2S. The second-order valence-electron chi connectivity index (χ2n) is 6.75. The van der Waals surface area contributed by atoms with Crippen LogP contribution in [-0.4, -0.2) is 19.7 Å². The van der Waals surface area contributed by atoms with Gasteiger partial charge in [-0.25, -0.2) is 4.98 Å². The van der Waals surface area contributed by atoms with Crippen molar-refractivity contribution < 1.29 is 4.52 Å². The van der Waals surface area contributed by atoms with Crippen LogP contribution in [-0.2, 0) is 13.0 Å². The third kappa shape index (κ3) is 3.42. The van der Waals surface area contributed by atoms with Crippen molar-refractivity contribution in [1.82, 2.24) is 19.7 Å². The summed E-state index contributed by atoms with van der Waals surface area (Å²) in [7, 11) is 0. The third-order valence-corrected chi connectivity index (χ3v) is 5.71. The molecule has 0 saturated carbocycles. The van der Waals surface area contributed by atoms with E-state index >= 15 is 0 Å². The van der Waals surface area contributed by atoms with Crippen LogP contribution in [0.2, 0.25) is 0 Å². The second-order valence-corrected chi connectivity index (χ2v) is 7.87. The summed E-state index contributed by atoms with van der Waals surface area (Å²) in [6.07, 6.45) is 2.44. The molecule has 0 aliphatic rings. The molecule has 0 saturated heterocycles. The Bertz CT molecular complexity index is 1140. The minimum Gasteiger partial charge on any atom is -0.337 e. The highest BCUT2D eigenvalue weighted by molar-refractivity contribution is 7.18. The number of hydrogen-bond donors (Lipinski definition) is 0. The molecule has 0 amide bonds. The van der Waals surface area contributed by atoms with E-state index in [1.54, 1.807) is 17.7 Å². The maximum atomic E-state index is 12.7. The summed E-state index contributed by atoms with van der Waals surface area (Å²) in [4.78, 5) is 23.4. The number of aryl methyl sites for hydroxylation is 1. The summed E-state index contributed by atoms with van der Waals surface area (Å²) in [5.41, 5.74) is 2.06. The van der Waals surface area contributed by atoms with E-state index in [9.17, 15) is 4.79 Å². The van der Waals surface area contributed by atoms with Gasteiger partial charge >= 0.3 is 0 Å². The molecule has 1 aromatic carbocycles. The SMILES string of the molecule is CCc1cc2c(=O)n(Cc3nc(-c4ccc(C(C)C)cc4)no3)cnc2s1. The summed E-state index contributed by atoms with van der Waals surface area (Å²) >= 11 is 1.56. The quantitative estimate of drug-likeness (QED) is 0.518. The van der Waals surface area contributed by atoms with E-state index in [0.717, 1.165) is 21.7 Å². The largest absolute Gasteiger partial charge is 0.337 e. The summed E-state index contributed by atoms with van der Waals surface area (Å²) < 4.78 is 6.86. The molecule has 6 nitrogen and oxygen atoms in total. The zero-order chi connectivity index (χ0) is 19.0. The van der Waals surface area contributed by atoms with Crippen molar-refractivity contribution in [2.75, 3.05) is 0 Å². The molecule has 0 aliphatic carbocycles. The maximum absolute atomic E-state index is 12.7. The van der Waals surface area contributed by atoms with Crippen LogP contribution in [0.25, 0.3) is 21.6 Å². The molecule has 0 unspecified atom stereocenters. The van der Waals surface area contributed by atoms with E-state index in [1.807, 2.05) is 18.2 Å². The van der Waals surface area contributed by atoms with Crippen molar-refractivity contribution in [2.45, 2.75) is 39.7 Å². The van der Waals surface area contributed by atoms with Gasteiger partial charge in [0.2, 0.25) is 11.7 Å². The summed E-state index contributed by atoms with van der Waals surface area (Å²) in [6.45, 7) is 6.58. The van der Waals surface area contributed by atoms with Crippen LogP contribution in [0, 0.1) is 0 Å². The molecule has 0 radical (unpaired) electrons. The average molecular weight is 380 g/mol. The predicted molar refractivity (Wildman–Crippen MR) is 106 cm³/mol. The average Bonchev–Trinajstić information content (AvgIpc) is 3.31. The van der Waals surface area contributed by atoms with Crippen LogP contribution in [0.15, 0.2) is 46.0 Å². The zero-order valence-electron chi connectivity index (χ0n) is 15.5. The molecule has 0 N–H and O–H groups in total. The van der Waals surface area contributed by atoms with Gasteiger partial charge in [-0.3, -0.25) is 9.36 Å². The van der Waals surface area contributed by atoms with Crippen molar-refractivity contribution in [1.29, 1.82) is 0 Å². The van der Waals surface area contributed by atoms with Crippen LogP contribution in [0.5, 0.6) is 0 Å². The normalized spacial score (nSPS) is 11.6. The molecule has 3 heterocycles. The van der Waals surface area contributed by atoms with Crippen LogP contribution in [0.1, 0.15) is 43.0 Å². The maximum Gasteiger partial charge on any atom is 0.262 e. The fraction of sp³-hybridized carbons (Fsp3) is 0.300. The van der Waals surface area contributed by atoms with Gasteiger partial charge in [0.15, 0.2) is 0 Å². The molecule has 0 fully saturated rings. The van der Waals surface area contributed by atoms with Crippen LogP contribution < -0.4 is 5.56 Å². The molecule has 138 valence electrons. The van der Waals surface area contributed by atoms with Gasteiger partial charge in [-0.15, -0.1) is 11.3 Å². The molecule has 0 aliphatic heterocycles. The smallest absolute Gasteiger partial charge is 0.262 e. The fourth-order valence-electron chi connectivity index (χ4n) is 2.90. The Morgan fingerprint density at radius 2 is 2.00 bits per heavy atom. The van der Waals surface area contributed by atoms with Gasteiger partial charge in [-0.05, 0) is 24.0 Å². The van der Waals surface area contributed by atoms with Gasteiger partial charge in [0.05, 0.1) is 11.7 Å². The van der Waals surface area contributed by atoms with E-state index in [0.29, 0.717) is 23.0 Å². The van der Waals surface area contributed by atoms with Crippen LogP contribution in [0.4, 0.5) is 0 Å². The first-order valence-corrected chi connectivity index (χ1v) is 9.77. The molecule has 4 rings (SSSR count). The van der Waals surface area contributed by atoms with E-state index < -0.39 is 0 Å².